The van der Waals surface area contributed by atoms with E-state index in [1.54, 1.807) is 50.4 Å². The fourth-order valence-corrected chi connectivity index (χ4v) is 2.26. The largest absolute Gasteiger partial charge is 0.493 e. The summed E-state index contributed by atoms with van der Waals surface area (Å²) in [5, 5.41) is 2.57. The SMILES string of the molecule is CNC(=O)c1ccc(CN(C)C(=O)COc2ccccc2OC)cc1. The molecule has 0 aliphatic rings. The second kappa shape index (κ2) is 8.73. The molecular formula is C19H22N2O4. The molecule has 2 aromatic rings. The van der Waals surface area contributed by atoms with Gasteiger partial charge in [-0.1, -0.05) is 24.3 Å². The second-order valence-electron chi connectivity index (χ2n) is 5.47. The topological polar surface area (TPSA) is 67.9 Å². The number of nitrogens with one attached hydrogen (secondary N) is 1. The zero-order valence-corrected chi connectivity index (χ0v) is 14.6. The third kappa shape index (κ3) is 4.97. The number of amides is 2. The van der Waals surface area contributed by atoms with Crippen molar-refractivity contribution in [2.24, 2.45) is 0 Å². The van der Waals surface area contributed by atoms with E-state index in [1.165, 1.54) is 0 Å². The van der Waals surface area contributed by atoms with Crippen LogP contribution in [0.15, 0.2) is 48.5 Å². The van der Waals surface area contributed by atoms with Gasteiger partial charge in [0.2, 0.25) is 0 Å². The molecule has 2 amide bonds. The molecule has 2 rings (SSSR count). The molecule has 0 unspecified atom stereocenters. The number of carbonyl (C=O) groups excluding carboxylic acids is 2. The molecule has 0 spiro atoms. The first-order chi connectivity index (χ1) is 12.0. The molecule has 25 heavy (non-hydrogen) atoms. The van der Waals surface area contributed by atoms with Gasteiger partial charge >= 0.3 is 0 Å². The minimum atomic E-state index is -0.152. The van der Waals surface area contributed by atoms with Crippen molar-refractivity contribution in [1.82, 2.24) is 10.2 Å². The Morgan fingerprint density at radius 3 is 2.28 bits per heavy atom. The third-order valence-electron chi connectivity index (χ3n) is 3.71. The molecule has 0 heterocycles. The number of hydrogen-bond donors (Lipinski definition) is 1. The van der Waals surface area contributed by atoms with Crippen LogP contribution in [-0.2, 0) is 11.3 Å². The Morgan fingerprint density at radius 2 is 1.68 bits per heavy atom. The van der Waals surface area contributed by atoms with Crippen molar-refractivity contribution in [1.29, 1.82) is 0 Å². The Kier molecular flexibility index (Phi) is 6.39. The number of hydrogen-bond acceptors (Lipinski definition) is 4. The van der Waals surface area contributed by atoms with Gasteiger partial charge in [-0.15, -0.1) is 0 Å². The first-order valence-corrected chi connectivity index (χ1v) is 7.86. The fraction of sp³-hybridized carbons (Fsp3) is 0.263. The van der Waals surface area contributed by atoms with Gasteiger partial charge in [0.25, 0.3) is 11.8 Å². The minimum Gasteiger partial charge on any atom is -0.493 e. The summed E-state index contributed by atoms with van der Waals surface area (Å²) < 4.78 is 10.7. The van der Waals surface area contributed by atoms with Gasteiger partial charge in [-0.05, 0) is 29.8 Å². The van der Waals surface area contributed by atoms with Crippen LogP contribution < -0.4 is 14.8 Å². The average molecular weight is 342 g/mol. The summed E-state index contributed by atoms with van der Waals surface area (Å²) in [6.07, 6.45) is 0. The monoisotopic (exact) mass is 342 g/mol. The van der Waals surface area contributed by atoms with Crippen molar-refractivity contribution in [2.45, 2.75) is 6.54 Å². The lowest BCUT2D eigenvalue weighted by atomic mass is 10.1. The number of likely N-dealkylation sites (N-methyl/N-ethyl adjacent to an activating group) is 1. The van der Waals surface area contributed by atoms with Gasteiger partial charge in [0, 0.05) is 26.2 Å². The summed E-state index contributed by atoms with van der Waals surface area (Å²) in [5.41, 5.74) is 1.51. The number of para-hydroxylation sites is 2. The molecule has 0 saturated carbocycles. The Hall–Kier alpha value is -3.02. The molecular weight excluding hydrogens is 320 g/mol. The minimum absolute atomic E-state index is 0.0762. The molecule has 132 valence electrons. The van der Waals surface area contributed by atoms with Crippen molar-refractivity contribution in [3.05, 3.63) is 59.7 Å². The highest BCUT2D eigenvalue weighted by Crippen LogP contribution is 2.25. The van der Waals surface area contributed by atoms with Crippen LogP contribution in [0.1, 0.15) is 15.9 Å². The van der Waals surface area contributed by atoms with E-state index in [1.807, 2.05) is 24.3 Å². The summed E-state index contributed by atoms with van der Waals surface area (Å²) in [6, 6.07) is 14.3. The van der Waals surface area contributed by atoms with Gasteiger partial charge in [0.15, 0.2) is 18.1 Å². The van der Waals surface area contributed by atoms with E-state index in [2.05, 4.69) is 5.32 Å². The van der Waals surface area contributed by atoms with Gasteiger partial charge < -0.3 is 19.7 Å². The molecule has 0 aliphatic carbocycles. The summed E-state index contributed by atoms with van der Waals surface area (Å²) >= 11 is 0. The Bertz CT molecular complexity index is 728. The van der Waals surface area contributed by atoms with Gasteiger partial charge in [-0.2, -0.15) is 0 Å². The molecule has 0 atom stereocenters. The highest BCUT2D eigenvalue weighted by atomic mass is 16.5. The Labute approximate surface area is 147 Å². The number of rotatable bonds is 7. The van der Waals surface area contributed by atoms with Crippen LogP contribution >= 0.6 is 0 Å². The van der Waals surface area contributed by atoms with Gasteiger partial charge in [0.1, 0.15) is 0 Å². The van der Waals surface area contributed by atoms with Crippen molar-refractivity contribution >= 4 is 11.8 Å². The molecule has 0 radical (unpaired) electrons. The number of nitrogens with zero attached hydrogens (tertiary/aromatic N) is 1. The predicted octanol–water partition coefficient (Wildman–Crippen LogP) is 2.09. The van der Waals surface area contributed by atoms with E-state index >= 15 is 0 Å². The molecule has 6 heteroatoms. The van der Waals surface area contributed by atoms with Crippen LogP contribution in [-0.4, -0.2) is 44.5 Å². The standard InChI is InChI=1S/C19H22N2O4/c1-20-19(23)15-10-8-14(9-11-15)12-21(2)18(22)13-25-17-7-5-4-6-16(17)24-3/h4-11H,12-13H2,1-3H3,(H,20,23). The van der Waals surface area contributed by atoms with E-state index in [-0.39, 0.29) is 18.4 Å². The van der Waals surface area contributed by atoms with E-state index in [0.717, 1.165) is 5.56 Å². The smallest absolute Gasteiger partial charge is 0.260 e. The molecule has 0 aliphatic heterocycles. The summed E-state index contributed by atoms with van der Waals surface area (Å²) in [5.74, 6) is 0.826. The number of benzene rings is 2. The van der Waals surface area contributed by atoms with Crippen LogP contribution in [0, 0.1) is 0 Å². The van der Waals surface area contributed by atoms with Crippen molar-refractivity contribution < 1.29 is 19.1 Å². The third-order valence-corrected chi connectivity index (χ3v) is 3.71. The maximum Gasteiger partial charge on any atom is 0.260 e. The summed E-state index contributed by atoms with van der Waals surface area (Å²) in [6.45, 7) is 0.356. The zero-order chi connectivity index (χ0) is 18.2. The molecule has 0 aromatic heterocycles. The van der Waals surface area contributed by atoms with Crippen LogP contribution in [0.5, 0.6) is 11.5 Å². The fourth-order valence-electron chi connectivity index (χ4n) is 2.26. The predicted molar refractivity (Wildman–Crippen MR) is 94.8 cm³/mol. The zero-order valence-electron chi connectivity index (χ0n) is 14.6. The first-order valence-electron chi connectivity index (χ1n) is 7.86. The molecule has 0 saturated heterocycles. The van der Waals surface area contributed by atoms with Crippen molar-refractivity contribution in [3.63, 3.8) is 0 Å². The van der Waals surface area contributed by atoms with E-state index < -0.39 is 0 Å². The van der Waals surface area contributed by atoms with Crippen LogP contribution in [0.25, 0.3) is 0 Å². The lowest BCUT2D eigenvalue weighted by Crippen LogP contribution is -2.31. The normalized spacial score (nSPS) is 10.0. The summed E-state index contributed by atoms with van der Waals surface area (Å²) in [4.78, 5) is 25.3. The van der Waals surface area contributed by atoms with Gasteiger partial charge in [-0.25, -0.2) is 0 Å². The van der Waals surface area contributed by atoms with E-state index in [0.29, 0.717) is 23.6 Å². The lowest BCUT2D eigenvalue weighted by Gasteiger charge is -2.18. The first kappa shape index (κ1) is 18.3. The van der Waals surface area contributed by atoms with Crippen LogP contribution in [0.3, 0.4) is 0 Å². The molecule has 2 aromatic carbocycles. The average Bonchev–Trinajstić information content (AvgIpc) is 2.66. The number of methoxy groups -OCH3 is 1. The van der Waals surface area contributed by atoms with Gasteiger partial charge in [0.05, 0.1) is 7.11 Å². The molecule has 1 N–H and O–H groups in total. The molecule has 0 bridgehead atoms. The van der Waals surface area contributed by atoms with Gasteiger partial charge in [-0.3, -0.25) is 9.59 Å². The van der Waals surface area contributed by atoms with Crippen LogP contribution in [0.4, 0.5) is 0 Å². The summed E-state index contributed by atoms with van der Waals surface area (Å²) in [7, 11) is 4.85. The van der Waals surface area contributed by atoms with Crippen LogP contribution in [0.2, 0.25) is 0 Å². The maximum atomic E-state index is 12.2. The number of carbonyl (C=O) groups is 2. The highest BCUT2D eigenvalue weighted by Gasteiger charge is 2.12. The van der Waals surface area contributed by atoms with E-state index in [9.17, 15) is 9.59 Å². The molecule has 6 nitrogen and oxygen atoms in total. The Balaban J connectivity index is 1.90. The second-order valence-corrected chi connectivity index (χ2v) is 5.47. The molecule has 0 fully saturated rings. The maximum absolute atomic E-state index is 12.2. The lowest BCUT2D eigenvalue weighted by molar-refractivity contribution is -0.132. The number of ether oxygens (including phenoxy) is 2. The van der Waals surface area contributed by atoms with Crippen molar-refractivity contribution in [2.75, 3.05) is 27.8 Å². The van der Waals surface area contributed by atoms with E-state index in [4.69, 9.17) is 9.47 Å². The highest BCUT2D eigenvalue weighted by molar-refractivity contribution is 5.93. The Morgan fingerprint density at radius 1 is 1.04 bits per heavy atom. The quantitative estimate of drug-likeness (QED) is 0.837. The van der Waals surface area contributed by atoms with Crippen molar-refractivity contribution in [3.8, 4) is 11.5 Å².